The number of para-hydroxylation sites is 4. The van der Waals surface area contributed by atoms with Crippen molar-refractivity contribution in [2.75, 3.05) is 10.6 Å². The zero-order valence-corrected chi connectivity index (χ0v) is 17.4. The molecule has 2 saturated carbocycles. The third-order valence-corrected chi connectivity index (χ3v) is 5.20. The second kappa shape index (κ2) is 9.99. The molecule has 0 spiro atoms. The summed E-state index contributed by atoms with van der Waals surface area (Å²) >= 11 is 0. The third-order valence-electron chi connectivity index (χ3n) is 5.20. The molecule has 1 aliphatic heterocycles. The van der Waals surface area contributed by atoms with Crippen LogP contribution in [0.2, 0.25) is 0 Å². The maximum Gasteiger partial charge on any atom is 0.0864 e. The minimum Gasteiger partial charge on any atom is -0.357 e. The summed E-state index contributed by atoms with van der Waals surface area (Å²) in [6, 6.07) is 16.0. The van der Waals surface area contributed by atoms with Crippen LogP contribution in [0.15, 0.2) is 82.1 Å². The van der Waals surface area contributed by atoms with Crippen molar-refractivity contribution in [1.29, 1.82) is 0 Å². The van der Waals surface area contributed by atoms with Gasteiger partial charge in [0.2, 0.25) is 0 Å². The first-order valence-corrected chi connectivity index (χ1v) is 10.5. The van der Waals surface area contributed by atoms with Crippen molar-refractivity contribution in [1.82, 2.24) is 0 Å². The van der Waals surface area contributed by atoms with Crippen LogP contribution in [0, 0.1) is 63.2 Å². The summed E-state index contributed by atoms with van der Waals surface area (Å²) in [6.45, 7) is 0. The molecule has 2 aromatic rings. The van der Waals surface area contributed by atoms with Crippen molar-refractivity contribution in [2.45, 2.75) is 0 Å². The summed E-state index contributed by atoms with van der Waals surface area (Å²) in [5.74, 6) is 2.18. The molecule has 2 fully saturated rings. The summed E-state index contributed by atoms with van der Waals surface area (Å²) < 4.78 is 0. The van der Waals surface area contributed by atoms with E-state index in [2.05, 4.69) is 36.3 Å². The fourth-order valence-corrected chi connectivity index (χ4v) is 3.59. The Hall–Kier alpha value is -3.14. The molecule has 2 N–H and O–H groups in total. The molecule has 2 aliphatic carbocycles. The Morgan fingerprint density at radius 2 is 0.906 bits per heavy atom. The van der Waals surface area contributed by atoms with E-state index in [1.54, 1.807) is 0 Å². The number of hydrogen-bond donors (Lipinski definition) is 2. The van der Waals surface area contributed by atoms with E-state index in [4.69, 9.17) is 9.98 Å². The zero-order valence-electron chi connectivity index (χ0n) is 17.4. The first-order chi connectivity index (χ1) is 15.9. The fraction of sp³-hybridized carbons (Fsp3) is 0. The van der Waals surface area contributed by atoms with Gasteiger partial charge in [0.05, 0.1) is 22.7 Å². The van der Waals surface area contributed by atoms with Crippen LogP contribution in [-0.4, -0.2) is 12.4 Å². The van der Waals surface area contributed by atoms with E-state index in [1.165, 1.54) is 0 Å². The predicted octanol–water partition coefficient (Wildman–Crippen LogP) is 6.21. The second-order valence-corrected chi connectivity index (χ2v) is 7.35. The first kappa shape index (κ1) is 20.7. The Kier molecular flexibility index (Phi) is 6.48. The quantitative estimate of drug-likeness (QED) is 0.614. The molecule has 0 saturated heterocycles. The van der Waals surface area contributed by atoms with Crippen molar-refractivity contribution in [3.05, 3.63) is 135 Å². The lowest BCUT2D eigenvalue weighted by Crippen LogP contribution is -2.09. The van der Waals surface area contributed by atoms with Crippen molar-refractivity contribution < 1.29 is 0 Å². The van der Waals surface area contributed by atoms with Gasteiger partial charge >= 0.3 is 0 Å². The van der Waals surface area contributed by atoms with E-state index in [1.807, 2.05) is 98.8 Å². The molecule has 4 heteroatoms. The largest absolute Gasteiger partial charge is 0.357 e. The van der Waals surface area contributed by atoms with E-state index in [-0.39, 0.29) is 0 Å². The van der Waals surface area contributed by atoms with Crippen LogP contribution < -0.4 is 10.6 Å². The molecular formula is C28H22N4. The van der Waals surface area contributed by atoms with Gasteiger partial charge in [-0.05, 0) is 87.8 Å². The fourth-order valence-electron chi connectivity index (χ4n) is 3.59. The second-order valence-electron chi connectivity index (χ2n) is 7.35. The number of rotatable bonds is 2. The molecule has 3 aliphatic rings. The smallest absolute Gasteiger partial charge is 0.0864 e. The molecule has 0 atom stereocenters. The van der Waals surface area contributed by atoms with Crippen LogP contribution in [0.5, 0.6) is 0 Å². The highest BCUT2D eigenvalue weighted by Gasteiger charge is 2.23. The molecular weight excluding hydrogens is 392 g/mol. The summed E-state index contributed by atoms with van der Waals surface area (Å²) in [5, 5.41) is 7.07. The van der Waals surface area contributed by atoms with Crippen molar-refractivity contribution in [2.24, 2.45) is 9.98 Å². The third kappa shape index (κ3) is 4.85. The molecule has 0 amide bonds. The lowest BCUT2D eigenvalue weighted by atomic mass is 10.0. The number of aliphatic imine (C=N–C) groups is 2. The summed E-state index contributed by atoms with van der Waals surface area (Å²) in [7, 11) is 0. The number of allylic oxidation sites excluding steroid dienone is 4. The van der Waals surface area contributed by atoms with Crippen LogP contribution in [0.1, 0.15) is 0 Å². The Morgan fingerprint density at radius 1 is 0.500 bits per heavy atom. The lowest BCUT2D eigenvalue weighted by Gasteiger charge is -2.18. The van der Waals surface area contributed by atoms with E-state index in [9.17, 15) is 0 Å². The van der Waals surface area contributed by atoms with Crippen molar-refractivity contribution in [3.63, 3.8) is 0 Å². The van der Waals surface area contributed by atoms with Gasteiger partial charge in [-0.25, -0.2) is 0 Å². The Morgan fingerprint density at radius 3 is 1.34 bits per heavy atom. The Labute approximate surface area is 191 Å². The van der Waals surface area contributed by atoms with Gasteiger partial charge in [0.15, 0.2) is 0 Å². The maximum absolute atomic E-state index is 4.74. The molecule has 5 rings (SSSR count). The summed E-state index contributed by atoms with van der Waals surface area (Å²) in [6.07, 6.45) is 24.1. The van der Waals surface area contributed by atoms with Gasteiger partial charge in [0, 0.05) is 35.7 Å². The normalized spacial score (nSPS) is 23.1. The molecule has 0 bridgehead atoms. The minimum absolute atomic E-state index is 0.859. The lowest BCUT2D eigenvalue weighted by molar-refractivity contribution is 1.23. The molecule has 154 valence electrons. The molecule has 32 heavy (non-hydrogen) atoms. The predicted molar refractivity (Wildman–Crippen MR) is 133 cm³/mol. The highest BCUT2D eigenvalue weighted by Crippen LogP contribution is 2.35. The van der Waals surface area contributed by atoms with Crippen LogP contribution >= 0.6 is 0 Å². The van der Waals surface area contributed by atoms with Gasteiger partial charge in [0.25, 0.3) is 0 Å². The molecule has 4 nitrogen and oxygen atoms in total. The number of nitrogens with one attached hydrogen (secondary N) is 2. The number of benzene rings is 2. The number of hydrogen-bond acceptors (Lipinski definition) is 4. The maximum atomic E-state index is 4.74. The number of anilines is 2. The van der Waals surface area contributed by atoms with Crippen LogP contribution in [0.25, 0.3) is 0 Å². The Balaban J connectivity index is 1.56. The zero-order chi connectivity index (χ0) is 21.6. The van der Waals surface area contributed by atoms with Gasteiger partial charge in [-0.3, -0.25) is 9.98 Å². The van der Waals surface area contributed by atoms with Crippen LogP contribution in [0.4, 0.5) is 22.7 Å². The molecule has 0 aromatic heterocycles. The van der Waals surface area contributed by atoms with Gasteiger partial charge in [-0.2, -0.15) is 0 Å². The van der Waals surface area contributed by atoms with Crippen molar-refractivity contribution in [3.8, 4) is 0 Å². The van der Waals surface area contributed by atoms with Gasteiger partial charge < -0.3 is 10.6 Å². The van der Waals surface area contributed by atoms with Gasteiger partial charge in [0.1, 0.15) is 0 Å². The first-order valence-electron chi connectivity index (χ1n) is 10.5. The van der Waals surface area contributed by atoms with Crippen LogP contribution in [0.3, 0.4) is 0 Å². The molecule has 10 radical (unpaired) electrons. The molecule has 2 aromatic carbocycles. The Bertz CT molecular complexity index is 965. The number of fused-ring (bicyclic) bond motifs is 2. The highest BCUT2D eigenvalue weighted by atomic mass is 15.0. The minimum atomic E-state index is 0.859. The van der Waals surface area contributed by atoms with Gasteiger partial charge in [-0.1, -0.05) is 24.3 Å². The van der Waals surface area contributed by atoms with E-state index in [0.717, 1.165) is 46.0 Å². The monoisotopic (exact) mass is 414 g/mol. The molecule has 0 unspecified atom stereocenters. The van der Waals surface area contributed by atoms with E-state index < -0.39 is 0 Å². The van der Waals surface area contributed by atoms with Crippen LogP contribution in [-0.2, 0) is 0 Å². The average molecular weight is 415 g/mol. The van der Waals surface area contributed by atoms with E-state index in [0.29, 0.717) is 0 Å². The van der Waals surface area contributed by atoms with Crippen molar-refractivity contribution >= 4 is 35.2 Å². The summed E-state index contributed by atoms with van der Waals surface area (Å²) in [5.41, 5.74) is 5.49. The molecule has 1 heterocycles. The highest BCUT2D eigenvalue weighted by molar-refractivity contribution is 5.86. The van der Waals surface area contributed by atoms with Gasteiger partial charge in [-0.15, -0.1) is 0 Å². The number of nitrogens with zero attached hydrogens (tertiary/aromatic N) is 2. The average Bonchev–Trinajstić information content (AvgIpc) is 3.54. The SMILES string of the molecule is [CH]1[CH][CH][C](/C2=C/C=Nc3ccccc3N/C([C]3[CH][CH][CH][CH]3)=C\C=Nc3ccccc3N2)[CH]1. The topological polar surface area (TPSA) is 48.8 Å². The summed E-state index contributed by atoms with van der Waals surface area (Å²) in [4.78, 5) is 9.48. The standard InChI is InChI=1S/C28H22N4/c1-2-10-21(9-1)23-17-19-29-26-14-6-8-16-28(26)32-24(22-11-3-4-12-22)18-20-30-25-13-5-7-15-27(25)31-23/h1-20,31-32H/b23-17-,24-18-,29-19?,30-20?. The van der Waals surface area contributed by atoms with E-state index >= 15 is 0 Å².